The summed E-state index contributed by atoms with van der Waals surface area (Å²) in [6.45, 7) is 2.53. The maximum atomic E-state index is 14.5. The van der Waals surface area contributed by atoms with Gasteiger partial charge in [0, 0.05) is 30.9 Å². The molecule has 0 spiro atoms. The Balaban J connectivity index is 1.60. The number of aryl methyl sites for hydroxylation is 1. The minimum Gasteiger partial charge on any atom is -0.378 e. The van der Waals surface area contributed by atoms with E-state index in [1.54, 1.807) is 18.2 Å². The topological polar surface area (TPSA) is 114 Å². The normalized spacial score (nSPS) is 15.9. The first kappa shape index (κ1) is 19.8. The average Bonchev–Trinajstić information content (AvgIpc) is 2.73. The molecule has 0 aromatic heterocycles. The highest BCUT2D eigenvalue weighted by atomic mass is 19.1. The Kier molecular flexibility index (Phi) is 5.37. The number of hydrogen-bond donors (Lipinski definition) is 3. The fourth-order valence-corrected chi connectivity index (χ4v) is 3.63. The number of halogens is 1. The van der Waals surface area contributed by atoms with Gasteiger partial charge in [-0.25, -0.2) is 4.39 Å². The van der Waals surface area contributed by atoms with Gasteiger partial charge in [-0.2, -0.15) is 0 Å². The van der Waals surface area contributed by atoms with Crippen LogP contribution in [0.4, 0.5) is 21.5 Å². The first-order valence-corrected chi connectivity index (χ1v) is 9.62. The Bertz CT molecular complexity index is 1030. The van der Waals surface area contributed by atoms with Crippen molar-refractivity contribution in [3.8, 4) is 0 Å². The van der Waals surface area contributed by atoms with Gasteiger partial charge in [0.25, 0.3) is 11.8 Å². The number of nitrogens with zero attached hydrogens (tertiary/aromatic N) is 1. The number of morpholine rings is 1. The fraction of sp³-hybridized carbons (Fsp3) is 0.286. The lowest BCUT2D eigenvalue weighted by molar-refractivity contribution is -0.116. The van der Waals surface area contributed by atoms with Gasteiger partial charge in [0.15, 0.2) is 0 Å². The van der Waals surface area contributed by atoms with Crippen molar-refractivity contribution in [3.05, 3.63) is 52.8 Å². The lowest BCUT2D eigenvalue weighted by Crippen LogP contribution is -2.36. The summed E-state index contributed by atoms with van der Waals surface area (Å²) in [4.78, 5) is 38.2. The van der Waals surface area contributed by atoms with Gasteiger partial charge in [-0.3, -0.25) is 14.4 Å². The molecular formula is C21H21FN4O4. The van der Waals surface area contributed by atoms with Crippen LogP contribution < -0.4 is 21.3 Å². The van der Waals surface area contributed by atoms with Crippen molar-refractivity contribution in [2.45, 2.75) is 12.8 Å². The number of carbonyl (C=O) groups excluding carboxylic acids is 3. The number of amides is 3. The predicted molar refractivity (Wildman–Crippen MR) is 109 cm³/mol. The van der Waals surface area contributed by atoms with Crippen LogP contribution in [0.1, 0.15) is 32.7 Å². The molecule has 8 nitrogen and oxygen atoms in total. The molecule has 0 unspecified atom stereocenters. The zero-order chi connectivity index (χ0) is 21.3. The summed E-state index contributed by atoms with van der Waals surface area (Å²) >= 11 is 0. The molecule has 4 N–H and O–H groups in total. The molecule has 2 aliphatic heterocycles. The van der Waals surface area contributed by atoms with Crippen LogP contribution in [0.5, 0.6) is 0 Å². The van der Waals surface area contributed by atoms with E-state index in [2.05, 4.69) is 15.5 Å². The third kappa shape index (κ3) is 3.97. The second kappa shape index (κ2) is 8.11. The van der Waals surface area contributed by atoms with Crippen molar-refractivity contribution in [3.63, 3.8) is 0 Å². The van der Waals surface area contributed by atoms with Crippen LogP contribution in [0.15, 0.2) is 30.3 Å². The average molecular weight is 412 g/mol. The summed E-state index contributed by atoms with van der Waals surface area (Å²) in [5.41, 5.74) is 7.53. The van der Waals surface area contributed by atoms with E-state index in [9.17, 15) is 18.8 Å². The second-order valence-electron chi connectivity index (χ2n) is 7.19. The van der Waals surface area contributed by atoms with Gasteiger partial charge in [-0.1, -0.05) is 0 Å². The van der Waals surface area contributed by atoms with Crippen LogP contribution in [0, 0.1) is 5.82 Å². The molecule has 2 aliphatic rings. The Morgan fingerprint density at radius 1 is 1.10 bits per heavy atom. The molecule has 2 aromatic rings. The highest BCUT2D eigenvalue weighted by Crippen LogP contribution is 2.28. The molecule has 0 radical (unpaired) electrons. The van der Waals surface area contributed by atoms with E-state index in [0.717, 1.165) is 11.8 Å². The van der Waals surface area contributed by atoms with Gasteiger partial charge in [0.1, 0.15) is 5.82 Å². The number of benzene rings is 2. The highest BCUT2D eigenvalue weighted by molar-refractivity contribution is 6.09. The molecule has 0 atom stereocenters. The van der Waals surface area contributed by atoms with Crippen molar-refractivity contribution < 1.29 is 23.5 Å². The van der Waals surface area contributed by atoms with Crippen molar-refractivity contribution in [1.29, 1.82) is 0 Å². The molecule has 9 heteroatoms. The Morgan fingerprint density at radius 2 is 1.87 bits per heavy atom. The van der Waals surface area contributed by atoms with Crippen LogP contribution in [-0.2, 0) is 16.0 Å². The maximum Gasteiger partial charge on any atom is 0.258 e. The number of fused-ring (bicyclic) bond motifs is 1. The molecule has 1 saturated heterocycles. The Labute approximate surface area is 172 Å². The number of carbonyl (C=O) groups is 3. The van der Waals surface area contributed by atoms with Gasteiger partial charge in [0.05, 0.1) is 30.0 Å². The molecule has 0 aliphatic carbocycles. The maximum absolute atomic E-state index is 14.5. The van der Waals surface area contributed by atoms with Crippen molar-refractivity contribution >= 4 is 34.8 Å². The first-order chi connectivity index (χ1) is 14.4. The van der Waals surface area contributed by atoms with Crippen LogP contribution in [0.25, 0.3) is 0 Å². The van der Waals surface area contributed by atoms with Crippen LogP contribution in [0.2, 0.25) is 0 Å². The number of hydrogen-bond acceptors (Lipinski definition) is 5. The summed E-state index contributed by atoms with van der Waals surface area (Å²) in [5, 5.41) is 5.18. The summed E-state index contributed by atoms with van der Waals surface area (Å²) in [7, 11) is 0. The zero-order valence-corrected chi connectivity index (χ0v) is 16.2. The third-order valence-corrected chi connectivity index (χ3v) is 5.23. The van der Waals surface area contributed by atoms with Crippen LogP contribution in [0.3, 0.4) is 0 Å². The number of nitrogens with two attached hydrogens (primary N) is 1. The monoisotopic (exact) mass is 412 g/mol. The summed E-state index contributed by atoms with van der Waals surface area (Å²) in [5.74, 6) is -2.35. The first-order valence-electron chi connectivity index (χ1n) is 9.62. The molecule has 1 fully saturated rings. The second-order valence-corrected chi connectivity index (χ2v) is 7.19. The van der Waals surface area contributed by atoms with E-state index in [0.29, 0.717) is 44.0 Å². The predicted octanol–water partition coefficient (Wildman–Crippen LogP) is 1.90. The van der Waals surface area contributed by atoms with Gasteiger partial charge < -0.3 is 26.0 Å². The number of ether oxygens (including phenoxy) is 1. The molecule has 156 valence electrons. The zero-order valence-electron chi connectivity index (χ0n) is 16.2. The van der Waals surface area contributed by atoms with Crippen LogP contribution >= 0.6 is 0 Å². The van der Waals surface area contributed by atoms with E-state index in [-0.39, 0.29) is 29.1 Å². The summed E-state index contributed by atoms with van der Waals surface area (Å²) in [6, 6.07) is 7.52. The molecular weight excluding hydrogens is 391 g/mol. The van der Waals surface area contributed by atoms with E-state index in [1.807, 2.05) is 0 Å². The number of rotatable bonds is 4. The number of nitrogens with one attached hydrogen (secondary N) is 2. The Morgan fingerprint density at radius 3 is 2.60 bits per heavy atom. The molecule has 0 saturated carbocycles. The van der Waals surface area contributed by atoms with E-state index < -0.39 is 17.6 Å². The number of anilines is 3. The van der Waals surface area contributed by atoms with Crippen molar-refractivity contribution in [1.82, 2.24) is 0 Å². The van der Waals surface area contributed by atoms with Gasteiger partial charge >= 0.3 is 0 Å². The molecule has 4 rings (SSSR count). The molecule has 30 heavy (non-hydrogen) atoms. The highest BCUT2D eigenvalue weighted by Gasteiger charge is 2.22. The largest absolute Gasteiger partial charge is 0.378 e. The lowest BCUT2D eigenvalue weighted by atomic mass is 9.99. The molecule has 0 bridgehead atoms. The number of primary amides is 1. The lowest BCUT2D eigenvalue weighted by Gasteiger charge is -2.29. The molecule has 2 aromatic carbocycles. The quantitative estimate of drug-likeness (QED) is 0.710. The summed E-state index contributed by atoms with van der Waals surface area (Å²) < 4.78 is 19.8. The third-order valence-electron chi connectivity index (χ3n) is 5.23. The SMILES string of the molecule is NC(=O)c1cc(N2CCOCC2)ccc1NC(=O)c1cc2c(cc1F)NC(=O)CC2. The smallest absolute Gasteiger partial charge is 0.258 e. The van der Waals surface area contributed by atoms with Crippen molar-refractivity contribution in [2.24, 2.45) is 5.73 Å². The minimum absolute atomic E-state index is 0.137. The van der Waals surface area contributed by atoms with Crippen LogP contribution in [-0.4, -0.2) is 44.0 Å². The van der Waals surface area contributed by atoms with E-state index in [4.69, 9.17) is 10.5 Å². The van der Waals surface area contributed by atoms with E-state index >= 15 is 0 Å². The fourth-order valence-electron chi connectivity index (χ4n) is 3.63. The van der Waals surface area contributed by atoms with E-state index in [1.165, 1.54) is 6.07 Å². The summed E-state index contributed by atoms with van der Waals surface area (Å²) in [6.07, 6.45) is 0.691. The molecule has 3 amide bonds. The molecule has 2 heterocycles. The van der Waals surface area contributed by atoms with Gasteiger partial charge in [-0.15, -0.1) is 0 Å². The standard InChI is InChI=1S/C21H21FN4O4/c22-16-11-18-12(1-4-19(27)24-18)9-14(16)21(29)25-17-3-2-13(10-15(17)20(23)28)26-5-7-30-8-6-26/h2-3,9-11H,1,4-8H2,(H2,23,28)(H,24,27)(H,25,29). The Hall–Kier alpha value is -3.46. The van der Waals surface area contributed by atoms with Crippen molar-refractivity contribution in [2.75, 3.05) is 41.8 Å². The van der Waals surface area contributed by atoms with Gasteiger partial charge in [0.2, 0.25) is 5.91 Å². The van der Waals surface area contributed by atoms with Gasteiger partial charge in [-0.05, 0) is 42.3 Å². The minimum atomic E-state index is -0.765.